The molecule has 22 heavy (non-hydrogen) atoms. The van der Waals surface area contributed by atoms with Crippen molar-refractivity contribution >= 4 is 41.9 Å². The molecule has 0 unspecified atom stereocenters. The predicted octanol–water partition coefficient (Wildman–Crippen LogP) is 4.85. The Kier molecular flexibility index (Phi) is 4.14. The molecule has 1 N–H and O–H groups in total. The molecular weight excluding hydrogens is 340 g/mol. The van der Waals surface area contributed by atoms with Crippen LogP contribution in [-0.4, -0.2) is 9.91 Å². The number of nitro groups is 1. The second-order valence-electron chi connectivity index (χ2n) is 4.54. The first-order chi connectivity index (χ1) is 10.5. The summed E-state index contributed by atoms with van der Waals surface area (Å²) in [5.41, 5.74) is 0.713. The van der Waals surface area contributed by atoms with Crippen LogP contribution in [0, 0.1) is 14.1 Å². The van der Waals surface area contributed by atoms with E-state index in [9.17, 15) is 10.1 Å². The Bertz CT molecular complexity index is 895. The predicted molar refractivity (Wildman–Crippen MR) is 90.4 cm³/mol. The molecule has 8 heteroatoms. The number of aromatic nitrogens is 1. The van der Waals surface area contributed by atoms with Crippen LogP contribution in [0.25, 0.3) is 11.3 Å². The minimum absolute atomic E-state index is 0.0386. The lowest BCUT2D eigenvalue weighted by Crippen LogP contribution is -1.87. The van der Waals surface area contributed by atoms with Gasteiger partial charge in [-0.05, 0) is 24.4 Å². The number of aromatic amines is 1. The van der Waals surface area contributed by atoms with Crippen LogP contribution in [0.5, 0.6) is 0 Å². The van der Waals surface area contributed by atoms with Gasteiger partial charge in [-0.2, -0.15) is 0 Å². The average Bonchev–Trinajstić information content (AvgIpc) is 3.06. The molecule has 2 heterocycles. The second kappa shape index (κ2) is 6.07. The van der Waals surface area contributed by atoms with Crippen LogP contribution in [0.4, 0.5) is 5.69 Å². The number of nitrogens with one attached hydrogen (secondary N) is 1. The van der Waals surface area contributed by atoms with Crippen LogP contribution in [-0.2, 0) is 6.42 Å². The van der Waals surface area contributed by atoms with E-state index in [1.54, 1.807) is 18.2 Å². The van der Waals surface area contributed by atoms with E-state index in [0.29, 0.717) is 21.7 Å². The molecule has 112 valence electrons. The lowest BCUT2D eigenvalue weighted by atomic mass is 10.1. The molecule has 0 aliphatic heterocycles. The van der Waals surface area contributed by atoms with Gasteiger partial charge in [0.15, 0.2) is 3.95 Å². The van der Waals surface area contributed by atoms with E-state index in [1.807, 2.05) is 6.07 Å². The average molecular weight is 350 g/mol. The number of rotatable bonds is 4. The zero-order chi connectivity index (χ0) is 15.7. The lowest BCUT2D eigenvalue weighted by molar-refractivity contribution is -0.384. The van der Waals surface area contributed by atoms with Crippen molar-refractivity contribution in [2.24, 2.45) is 0 Å². The third-order valence-corrected chi connectivity index (χ3v) is 4.81. The van der Waals surface area contributed by atoms with Crippen LogP contribution in [0.2, 0.25) is 0 Å². The summed E-state index contributed by atoms with van der Waals surface area (Å²) in [6.07, 6.45) is 0.575. The Balaban J connectivity index is 1.87. The van der Waals surface area contributed by atoms with E-state index >= 15 is 0 Å². The molecule has 2 aromatic heterocycles. The quantitative estimate of drug-likeness (QED) is 0.305. The highest BCUT2D eigenvalue weighted by Crippen LogP contribution is 2.28. The fourth-order valence-corrected chi connectivity index (χ4v) is 3.65. The summed E-state index contributed by atoms with van der Waals surface area (Å²) in [7, 11) is 0. The van der Waals surface area contributed by atoms with Gasteiger partial charge in [-0.3, -0.25) is 10.1 Å². The summed E-state index contributed by atoms with van der Waals surface area (Å²) < 4.78 is 6.45. The molecule has 0 spiro atoms. The van der Waals surface area contributed by atoms with Gasteiger partial charge in [-0.1, -0.05) is 12.1 Å². The molecule has 3 rings (SSSR count). The zero-order valence-corrected chi connectivity index (χ0v) is 13.6. The first-order valence-electron chi connectivity index (χ1n) is 6.27. The maximum atomic E-state index is 10.8. The molecule has 0 saturated carbocycles. The molecule has 3 aromatic rings. The first kappa shape index (κ1) is 15.0. The van der Waals surface area contributed by atoms with Crippen molar-refractivity contribution < 1.29 is 9.34 Å². The number of hydrogen-bond acceptors (Lipinski definition) is 6. The number of benzene rings is 1. The molecule has 1 aromatic carbocycles. The highest BCUT2D eigenvalue weighted by atomic mass is 32.1. The standard InChI is InChI=1S/C14H10N2O3S3/c17-16(18)9-3-1-2-8(6-9)11-5-4-10(19-11)7-12-13(20)15-14(21)22-12/h1-6,20H,7H2,(H,15,21). The number of non-ortho nitro benzene ring substituents is 1. The summed E-state index contributed by atoms with van der Waals surface area (Å²) in [6, 6.07) is 10.0. The van der Waals surface area contributed by atoms with Crippen LogP contribution >= 0.6 is 36.2 Å². The minimum Gasteiger partial charge on any atom is -0.461 e. The number of nitrogens with zero attached hydrogens (tertiary/aromatic N) is 1. The van der Waals surface area contributed by atoms with Gasteiger partial charge in [-0.15, -0.1) is 24.0 Å². The smallest absolute Gasteiger partial charge is 0.270 e. The van der Waals surface area contributed by atoms with Crippen molar-refractivity contribution in [3.05, 3.63) is 61.1 Å². The third-order valence-electron chi connectivity index (χ3n) is 3.04. The molecule has 0 saturated heterocycles. The molecule has 0 fully saturated rings. The number of furan rings is 1. The summed E-state index contributed by atoms with van der Waals surface area (Å²) in [5, 5.41) is 11.6. The van der Waals surface area contributed by atoms with Crippen molar-refractivity contribution in [3.63, 3.8) is 0 Å². The van der Waals surface area contributed by atoms with E-state index in [1.165, 1.54) is 23.5 Å². The highest BCUT2D eigenvalue weighted by molar-refractivity contribution is 7.80. The molecule has 0 radical (unpaired) electrons. The normalized spacial score (nSPS) is 10.8. The Morgan fingerprint density at radius 3 is 2.86 bits per heavy atom. The highest BCUT2D eigenvalue weighted by Gasteiger charge is 2.12. The van der Waals surface area contributed by atoms with E-state index in [4.69, 9.17) is 16.6 Å². The van der Waals surface area contributed by atoms with Crippen molar-refractivity contribution in [1.82, 2.24) is 4.98 Å². The minimum atomic E-state index is -0.423. The van der Waals surface area contributed by atoms with Gasteiger partial charge in [0.2, 0.25) is 0 Å². The van der Waals surface area contributed by atoms with Crippen LogP contribution in [0.1, 0.15) is 10.6 Å². The number of hydrogen-bond donors (Lipinski definition) is 2. The van der Waals surface area contributed by atoms with Gasteiger partial charge in [-0.25, -0.2) is 0 Å². The van der Waals surface area contributed by atoms with Crippen molar-refractivity contribution in [1.29, 1.82) is 0 Å². The maximum absolute atomic E-state index is 10.8. The van der Waals surface area contributed by atoms with E-state index in [0.717, 1.165) is 15.7 Å². The van der Waals surface area contributed by atoms with E-state index in [-0.39, 0.29) is 5.69 Å². The Labute approximate surface area is 140 Å². The van der Waals surface area contributed by atoms with Crippen LogP contribution < -0.4 is 0 Å². The Morgan fingerprint density at radius 2 is 2.18 bits per heavy atom. The number of H-pyrrole nitrogens is 1. The number of thiol groups is 1. The van der Waals surface area contributed by atoms with Crippen LogP contribution in [0.3, 0.4) is 0 Å². The second-order valence-corrected chi connectivity index (χ2v) is 6.76. The van der Waals surface area contributed by atoms with Gasteiger partial charge in [0.25, 0.3) is 5.69 Å². The molecule has 0 aliphatic carbocycles. The van der Waals surface area contributed by atoms with E-state index in [2.05, 4.69) is 17.6 Å². The van der Waals surface area contributed by atoms with Gasteiger partial charge in [0.1, 0.15) is 11.5 Å². The lowest BCUT2D eigenvalue weighted by Gasteiger charge is -1.98. The maximum Gasteiger partial charge on any atom is 0.270 e. The van der Waals surface area contributed by atoms with Gasteiger partial charge in [0.05, 0.1) is 9.95 Å². The largest absolute Gasteiger partial charge is 0.461 e. The van der Waals surface area contributed by atoms with Gasteiger partial charge in [0, 0.05) is 29.0 Å². The Hall–Kier alpha value is -1.90. The zero-order valence-electron chi connectivity index (χ0n) is 11.1. The summed E-state index contributed by atoms with van der Waals surface area (Å²) in [4.78, 5) is 14.4. The third kappa shape index (κ3) is 3.13. The molecule has 0 amide bonds. The molecule has 0 atom stereocenters. The van der Waals surface area contributed by atoms with Gasteiger partial charge < -0.3 is 9.40 Å². The van der Waals surface area contributed by atoms with Gasteiger partial charge >= 0.3 is 0 Å². The SMILES string of the molecule is O=[N+]([O-])c1cccc(-c2ccc(Cc3sc(=S)[nH]c3S)o2)c1. The summed E-state index contributed by atoms with van der Waals surface area (Å²) in [6.45, 7) is 0. The fourth-order valence-electron chi connectivity index (χ4n) is 2.03. The summed E-state index contributed by atoms with van der Waals surface area (Å²) in [5.74, 6) is 1.35. The monoisotopic (exact) mass is 350 g/mol. The van der Waals surface area contributed by atoms with Crippen molar-refractivity contribution in [3.8, 4) is 11.3 Å². The molecular formula is C14H10N2O3S3. The topological polar surface area (TPSA) is 72.1 Å². The van der Waals surface area contributed by atoms with Crippen molar-refractivity contribution in [2.45, 2.75) is 11.4 Å². The summed E-state index contributed by atoms with van der Waals surface area (Å²) >= 11 is 10.9. The van der Waals surface area contributed by atoms with Crippen molar-refractivity contribution in [2.75, 3.05) is 0 Å². The molecule has 5 nitrogen and oxygen atoms in total. The molecule has 0 aliphatic rings. The number of thiazole rings is 1. The number of nitro benzene ring substituents is 1. The Morgan fingerprint density at radius 1 is 1.36 bits per heavy atom. The molecule has 0 bridgehead atoms. The van der Waals surface area contributed by atoms with E-state index < -0.39 is 4.92 Å². The fraction of sp³-hybridized carbons (Fsp3) is 0.0714. The van der Waals surface area contributed by atoms with Crippen LogP contribution in [0.15, 0.2) is 45.8 Å². The first-order valence-corrected chi connectivity index (χ1v) is 7.94.